The Hall–Kier alpha value is -2.62. The van der Waals surface area contributed by atoms with E-state index in [0.29, 0.717) is 18.4 Å². The van der Waals surface area contributed by atoms with Gasteiger partial charge in [-0.15, -0.1) is 0 Å². The van der Waals surface area contributed by atoms with E-state index in [1.807, 2.05) is 30.3 Å². The number of ether oxygens (including phenoxy) is 1. The molecule has 0 saturated heterocycles. The van der Waals surface area contributed by atoms with Crippen molar-refractivity contribution in [2.75, 3.05) is 7.11 Å². The number of aliphatic carboxylic acids is 1. The summed E-state index contributed by atoms with van der Waals surface area (Å²) in [6.45, 7) is 0. The highest BCUT2D eigenvalue weighted by atomic mass is 16.5. The molecule has 1 N–H and O–H groups in total. The lowest BCUT2D eigenvalue weighted by molar-refractivity contribution is -0.150. The molecule has 0 aliphatic heterocycles. The van der Waals surface area contributed by atoms with Gasteiger partial charge in [-0.05, 0) is 61.3 Å². The van der Waals surface area contributed by atoms with Gasteiger partial charge in [-0.25, -0.2) is 4.79 Å². The molecule has 1 saturated carbocycles. The summed E-state index contributed by atoms with van der Waals surface area (Å²) in [5.41, 5.74) is 2.12. The normalized spacial score (nSPS) is 22.2. The van der Waals surface area contributed by atoms with Gasteiger partial charge in [0.05, 0.1) is 18.1 Å². The number of rotatable bonds is 6. The predicted octanol–water partition coefficient (Wildman–Crippen LogP) is 5.22. The lowest BCUT2D eigenvalue weighted by atomic mass is 9.72. The number of aryl methyl sites for hydroxylation is 1. The van der Waals surface area contributed by atoms with E-state index in [1.165, 1.54) is 12.7 Å². The predicted molar refractivity (Wildman–Crippen MR) is 108 cm³/mol. The van der Waals surface area contributed by atoms with E-state index < -0.39 is 11.4 Å². The second-order valence-corrected chi connectivity index (χ2v) is 7.83. The SMILES string of the molecule is COC(=O)c1ccc([C@H]2CCCCC(CCc3ccccc3)(C(=O)O)C2)cc1. The summed E-state index contributed by atoms with van der Waals surface area (Å²) in [5, 5.41) is 10.1. The molecule has 2 aromatic rings. The van der Waals surface area contributed by atoms with Crippen LogP contribution in [0.4, 0.5) is 0 Å². The number of methoxy groups -OCH3 is 1. The summed E-state index contributed by atoms with van der Waals surface area (Å²) < 4.78 is 4.76. The molecule has 1 unspecified atom stereocenters. The molecular formula is C24H28O4. The molecule has 0 radical (unpaired) electrons. The highest BCUT2D eigenvalue weighted by Crippen LogP contribution is 2.45. The van der Waals surface area contributed by atoms with E-state index in [-0.39, 0.29) is 11.9 Å². The molecule has 148 valence electrons. The first kappa shape index (κ1) is 20.1. The Kier molecular flexibility index (Phi) is 6.50. The van der Waals surface area contributed by atoms with Crippen molar-refractivity contribution in [3.05, 3.63) is 71.3 Å². The van der Waals surface area contributed by atoms with Crippen LogP contribution in [0.3, 0.4) is 0 Å². The number of carboxylic acids is 1. The largest absolute Gasteiger partial charge is 0.481 e. The van der Waals surface area contributed by atoms with Crippen molar-refractivity contribution in [3.63, 3.8) is 0 Å². The van der Waals surface area contributed by atoms with Crippen LogP contribution >= 0.6 is 0 Å². The molecule has 28 heavy (non-hydrogen) atoms. The van der Waals surface area contributed by atoms with Gasteiger partial charge in [0.2, 0.25) is 0 Å². The van der Waals surface area contributed by atoms with Gasteiger partial charge in [-0.3, -0.25) is 4.79 Å². The third-order valence-corrected chi connectivity index (χ3v) is 6.09. The van der Waals surface area contributed by atoms with Crippen LogP contribution in [0.2, 0.25) is 0 Å². The molecule has 0 amide bonds. The molecule has 2 aromatic carbocycles. The molecule has 4 heteroatoms. The first-order chi connectivity index (χ1) is 13.5. The van der Waals surface area contributed by atoms with Gasteiger partial charge in [-0.2, -0.15) is 0 Å². The molecule has 1 aliphatic carbocycles. The van der Waals surface area contributed by atoms with Gasteiger partial charge < -0.3 is 9.84 Å². The quantitative estimate of drug-likeness (QED) is 0.551. The van der Waals surface area contributed by atoms with Crippen molar-refractivity contribution >= 4 is 11.9 Å². The van der Waals surface area contributed by atoms with E-state index in [1.54, 1.807) is 12.1 Å². The van der Waals surface area contributed by atoms with Gasteiger partial charge in [0.1, 0.15) is 0 Å². The minimum Gasteiger partial charge on any atom is -0.481 e. The fourth-order valence-corrected chi connectivity index (χ4v) is 4.38. The summed E-state index contributed by atoms with van der Waals surface area (Å²) >= 11 is 0. The van der Waals surface area contributed by atoms with Crippen molar-refractivity contribution in [1.82, 2.24) is 0 Å². The van der Waals surface area contributed by atoms with Gasteiger partial charge >= 0.3 is 11.9 Å². The Bertz CT molecular complexity index is 797. The van der Waals surface area contributed by atoms with Crippen LogP contribution in [0.5, 0.6) is 0 Å². The fourth-order valence-electron chi connectivity index (χ4n) is 4.38. The van der Waals surface area contributed by atoms with Crippen molar-refractivity contribution in [1.29, 1.82) is 0 Å². The molecule has 3 rings (SSSR count). The first-order valence-corrected chi connectivity index (χ1v) is 10.00. The van der Waals surface area contributed by atoms with E-state index in [0.717, 1.165) is 37.7 Å². The molecule has 1 aliphatic rings. The average molecular weight is 380 g/mol. The van der Waals surface area contributed by atoms with Crippen molar-refractivity contribution in [3.8, 4) is 0 Å². The lowest BCUT2D eigenvalue weighted by Crippen LogP contribution is -2.32. The molecule has 0 heterocycles. The summed E-state index contributed by atoms with van der Waals surface area (Å²) in [4.78, 5) is 24.0. The maximum Gasteiger partial charge on any atom is 0.337 e. The van der Waals surface area contributed by atoms with Gasteiger partial charge in [-0.1, -0.05) is 55.3 Å². The molecular weight excluding hydrogens is 352 g/mol. The molecule has 0 bridgehead atoms. The first-order valence-electron chi connectivity index (χ1n) is 10.00. The van der Waals surface area contributed by atoms with E-state index >= 15 is 0 Å². The van der Waals surface area contributed by atoms with Crippen molar-refractivity contribution in [2.24, 2.45) is 5.41 Å². The topological polar surface area (TPSA) is 63.6 Å². The minimum absolute atomic E-state index is 0.195. The number of esters is 1. The molecule has 1 fully saturated rings. The average Bonchev–Trinajstić information content (AvgIpc) is 2.96. The zero-order chi connectivity index (χ0) is 20.0. The van der Waals surface area contributed by atoms with Crippen LogP contribution in [0.1, 0.15) is 65.9 Å². The van der Waals surface area contributed by atoms with Crippen molar-refractivity contribution < 1.29 is 19.4 Å². The molecule has 0 spiro atoms. The smallest absolute Gasteiger partial charge is 0.337 e. The van der Waals surface area contributed by atoms with Crippen LogP contribution in [-0.2, 0) is 16.0 Å². The summed E-state index contributed by atoms with van der Waals surface area (Å²) in [6, 6.07) is 17.6. The minimum atomic E-state index is -0.696. The number of carbonyl (C=O) groups excluding carboxylic acids is 1. The monoisotopic (exact) mass is 380 g/mol. The van der Waals surface area contributed by atoms with Crippen LogP contribution < -0.4 is 0 Å². The summed E-state index contributed by atoms with van der Waals surface area (Å²) in [7, 11) is 1.37. The number of hydrogen-bond donors (Lipinski definition) is 1. The third kappa shape index (κ3) is 4.61. The Balaban J connectivity index is 1.79. The van der Waals surface area contributed by atoms with Crippen molar-refractivity contribution in [2.45, 2.75) is 50.9 Å². The molecule has 4 nitrogen and oxygen atoms in total. The van der Waals surface area contributed by atoms with E-state index in [9.17, 15) is 14.7 Å². The van der Waals surface area contributed by atoms with Crippen LogP contribution in [0.15, 0.2) is 54.6 Å². The number of benzene rings is 2. The third-order valence-electron chi connectivity index (χ3n) is 6.09. The van der Waals surface area contributed by atoms with Gasteiger partial charge in [0.15, 0.2) is 0 Å². The van der Waals surface area contributed by atoms with Crippen LogP contribution in [0, 0.1) is 5.41 Å². The highest BCUT2D eigenvalue weighted by Gasteiger charge is 2.41. The zero-order valence-electron chi connectivity index (χ0n) is 16.4. The van der Waals surface area contributed by atoms with Gasteiger partial charge in [0.25, 0.3) is 0 Å². The van der Waals surface area contributed by atoms with Crippen LogP contribution in [-0.4, -0.2) is 24.2 Å². The lowest BCUT2D eigenvalue weighted by Gasteiger charge is -2.31. The number of hydrogen-bond acceptors (Lipinski definition) is 3. The second kappa shape index (κ2) is 9.05. The highest BCUT2D eigenvalue weighted by molar-refractivity contribution is 5.89. The Labute approximate surface area is 166 Å². The number of carbonyl (C=O) groups is 2. The second-order valence-electron chi connectivity index (χ2n) is 7.83. The maximum atomic E-state index is 12.3. The Morgan fingerprint density at radius 3 is 2.43 bits per heavy atom. The zero-order valence-corrected chi connectivity index (χ0v) is 16.4. The van der Waals surface area contributed by atoms with Gasteiger partial charge in [0, 0.05) is 0 Å². The molecule has 0 aromatic heterocycles. The summed E-state index contributed by atoms with van der Waals surface area (Å²) in [5.74, 6) is -0.835. The fraction of sp³-hybridized carbons (Fsp3) is 0.417. The maximum absolute atomic E-state index is 12.3. The standard InChI is InChI=1S/C24H28O4/c1-28-22(25)20-12-10-19(11-13-20)21-9-5-6-15-24(17-21,23(26)27)16-14-18-7-3-2-4-8-18/h2-4,7-8,10-13,21H,5-6,9,14-17H2,1H3,(H,26,27)/t21-,24?/m0/s1. The Morgan fingerprint density at radius 2 is 1.79 bits per heavy atom. The molecule has 2 atom stereocenters. The van der Waals surface area contributed by atoms with Crippen LogP contribution in [0.25, 0.3) is 0 Å². The Morgan fingerprint density at radius 1 is 1.07 bits per heavy atom. The van der Waals surface area contributed by atoms with E-state index in [2.05, 4.69) is 12.1 Å². The number of carboxylic acid groups (broad SMARTS) is 1. The summed E-state index contributed by atoms with van der Waals surface area (Å²) in [6.07, 6.45) is 5.77. The van der Waals surface area contributed by atoms with E-state index in [4.69, 9.17) is 4.74 Å².